The summed E-state index contributed by atoms with van der Waals surface area (Å²) in [6.07, 6.45) is 1.70. The van der Waals surface area contributed by atoms with Crippen LogP contribution in [0.25, 0.3) is 0 Å². The average Bonchev–Trinajstić information content (AvgIpc) is 3.20. The van der Waals surface area contributed by atoms with Crippen LogP contribution >= 0.6 is 0 Å². The predicted octanol–water partition coefficient (Wildman–Crippen LogP) is 1.66. The molecule has 2 amide bonds. The topological polar surface area (TPSA) is 105 Å². The number of hydrogen-bond acceptors (Lipinski definition) is 4. The summed E-state index contributed by atoms with van der Waals surface area (Å²) in [5.74, 6) is -2.38. The first-order valence-electron chi connectivity index (χ1n) is 8.92. The van der Waals surface area contributed by atoms with Gasteiger partial charge in [-0.05, 0) is 62.6 Å². The van der Waals surface area contributed by atoms with Crippen molar-refractivity contribution in [2.75, 3.05) is 0 Å². The standard InChI is InChI=1S/C19H24N2O5/c1-10-4-3-5-14(8-10)26-11(2)17(22)20-21-18(23)15-12-6-7-13(9-12)16(15)19(24)25/h3-5,8,11-13,15-16H,6-7,9H2,1-2H3,(H,20,22)(H,21,23)(H,24,25)/t11-,12-,13+,15+,16+/m1/s1. The number of carboxylic acids is 1. The molecule has 2 bridgehead atoms. The van der Waals surface area contributed by atoms with Crippen LogP contribution in [0.4, 0.5) is 0 Å². The van der Waals surface area contributed by atoms with E-state index in [4.69, 9.17) is 4.74 Å². The second kappa shape index (κ2) is 7.35. The third kappa shape index (κ3) is 3.66. The molecule has 3 N–H and O–H groups in total. The molecule has 0 radical (unpaired) electrons. The lowest BCUT2D eigenvalue weighted by Gasteiger charge is -2.27. The van der Waals surface area contributed by atoms with Gasteiger partial charge in [-0.25, -0.2) is 0 Å². The number of hydrazine groups is 1. The predicted molar refractivity (Wildman–Crippen MR) is 93.0 cm³/mol. The second-order valence-electron chi connectivity index (χ2n) is 7.28. The van der Waals surface area contributed by atoms with Gasteiger partial charge in [-0.1, -0.05) is 12.1 Å². The van der Waals surface area contributed by atoms with Crippen molar-refractivity contribution in [1.82, 2.24) is 10.9 Å². The molecule has 26 heavy (non-hydrogen) atoms. The number of amides is 2. The van der Waals surface area contributed by atoms with E-state index in [9.17, 15) is 19.5 Å². The fourth-order valence-electron chi connectivity index (χ4n) is 4.28. The molecule has 2 fully saturated rings. The largest absolute Gasteiger partial charge is 0.481 e. The van der Waals surface area contributed by atoms with Crippen LogP contribution in [-0.2, 0) is 14.4 Å². The number of aliphatic carboxylic acids is 1. The molecule has 1 aromatic rings. The van der Waals surface area contributed by atoms with Crippen molar-refractivity contribution in [3.63, 3.8) is 0 Å². The Morgan fingerprint density at radius 1 is 1.15 bits per heavy atom. The van der Waals surface area contributed by atoms with Gasteiger partial charge in [0, 0.05) is 0 Å². The Kier molecular flexibility index (Phi) is 5.15. The van der Waals surface area contributed by atoms with Crippen molar-refractivity contribution in [2.24, 2.45) is 23.7 Å². The van der Waals surface area contributed by atoms with Crippen LogP contribution in [0.1, 0.15) is 31.7 Å². The lowest BCUT2D eigenvalue weighted by Crippen LogP contribution is -2.51. The number of nitrogens with one attached hydrogen (secondary N) is 2. The Morgan fingerprint density at radius 3 is 2.50 bits per heavy atom. The molecule has 7 nitrogen and oxygen atoms in total. The molecule has 1 aromatic carbocycles. The molecule has 0 saturated heterocycles. The van der Waals surface area contributed by atoms with Gasteiger partial charge < -0.3 is 9.84 Å². The van der Waals surface area contributed by atoms with Gasteiger partial charge in [0.1, 0.15) is 5.75 Å². The summed E-state index contributed by atoms with van der Waals surface area (Å²) in [5.41, 5.74) is 5.76. The summed E-state index contributed by atoms with van der Waals surface area (Å²) in [6.45, 7) is 3.51. The molecular weight excluding hydrogens is 336 g/mol. The minimum absolute atomic E-state index is 0.0625. The van der Waals surface area contributed by atoms with Crippen molar-refractivity contribution < 1.29 is 24.2 Å². The molecule has 0 spiro atoms. The van der Waals surface area contributed by atoms with Crippen LogP contribution in [-0.4, -0.2) is 29.0 Å². The summed E-state index contributed by atoms with van der Waals surface area (Å²) in [4.78, 5) is 36.1. The Labute approximate surface area is 152 Å². The minimum atomic E-state index is -0.931. The molecule has 7 heteroatoms. The van der Waals surface area contributed by atoms with E-state index in [0.717, 1.165) is 24.8 Å². The fourth-order valence-corrected chi connectivity index (χ4v) is 4.28. The normalized spacial score (nSPS) is 27.6. The van der Waals surface area contributed by atoms with Crippen molar-refractivity contribution in [2.45, 2.75) is 39.2 Å². The molecule has 5 atom stereocenters. The smallest absolute Gasteiger partial charge is 0.307 e. The molecule has 0 aromatic heterocycles. The van der Waals surface area contributed by atoms with Crippen LogP contribution in [0.2, 0.25) is 0 Å². The molecule has 0 heterocycles. The number of ether oxygens (including phenoxy) is 1. The number of carbonyl (C=O) groups excluding carboxylic acids is 2. The van der Waals surface area contributed by atoms with Gasteiger partial charge in [-0.15, -0.1) is 0 Å². The maximum absolute atomic E-state index is 12.5. The molecule has 0 aliphatic heterocycles. The number of benzene rings is 1. The van der Waals surface area contributed by atoms with Crippen LogP contribution < -0.4 is 15.6 Å². The lowest BCUT2D eigenvalue weighted by molar-refractivity contribution is -0.150. The van der Waals surface area contributed by atoms with Crippen molar-refractivity contribution in [3.8, 4) is 5.75 Å². The van der Waals surface area contributed by atoms with E-state index in [0.29, 0.717) is 5.75 Å². The van der Waals surface area contributed by atoms with Crippen LogP contribution in [0.15, 0.2) is 24.3 Å². The number of rotatable bonds is 5. The van der Waals surface area contributed by atoms with E-state index in [-0.39, 0.29) is 11.8 Å². The first-order valence-corrected chi connectivity index (χ1v) is 8.92. The highest BCUT2D eigenvalue weighted by molar-refractivity contribution is 5.89. The van der Waals surface area contributed by atoms with E-state index in [2.05, 4.69) is 10.9 Å². The first kappa shape index (κ1) is 18.2. The number of aryl methyl sites for hydroxylation is 1. The minimum Gasteiger partial charge on any atom is -0.481 e. The van der Waals surface area contributed by atoms with E-state index in [1.807, 2.05) is 25.1 Å². The summed E-state index contributed by atoms with van der Waals surface area (Å²) in [6, 6.07) is 7.32. The maximum atomic E-state index is 12.5. The number of carbonyl (C=O) groups is 3. The molecule has 0 unspecified atom stereocenters. The van der Waals surface area contributed by atoms with Crippen molar-refractivity contribution in [1.29, 1.82) is 0 Å². The van der Waals surface area contributed by atoms with Gasteiger partial charge in [0.2, 0.25) is 5.91 Å². The monoisotopic (exact) mass is 360 g/mol. The van der Waals surface area contributed by atoms with Gasteiger partial charge in [-0.3, -0.25) is 25.2 Å². The SMILES string of the molecule is Cc1cccc(O[C@H](C)C(=O)NNC(=O)[C@H]2[C@@H]3CC[C@@H](C3)[C@@H]2C(=O)O)c1. The van der Waals surface area contributed by atoms with Gasteiger partial charge in [0.25, 0.3) is 5.91 Å². The summed E-state index contributed by atoms with van der Waals surface area (Å²) < 4.78 is 5.57. The van der Waals surface area contributed by atoms with E-state index in [1.165, 1.54) is 0 Å². The van der Waals surface area contributed by atoms with Gasteiger partial charge >= 0.3 is 5.97 Å². The second-order valence-corrected chi connectivity index (χ2v) is 7.28. The van der Waals surface area contributed by atoms with Crippen LogP contribution in [0.5, 0.6) is 5.75 Å². The number of hydrogen-bond donors (Lipinski definition) is 3. The highest BCUT2D eigenvalue weighted by atomic mass is 16.5. The Bertz CT molecular complexity index is 720. The van der Waals surface area contributed by atoms with Gasteiger partial charge in [-0.2, -0.15) is 0 Å². The Balaban J connectivity index is 1.54. The lowest BCUT2D eigenvalue weighted by atomic mass is 9.79. The fraction of sp³-hybridized carbons (Fsp3) is 0.526. The molecule has 2 aliphatic rings. The molecule has 140 valence electrons. The molecule has 2 saturated carbocycles. The van der Waals surface area contributed by atoms with Crippen molar-refractivity contribution in [3.05, 3.63) is 29.8 Å². The zero-order valence-electron chi connectivity index (χ0n) is 14.9. The highest BCUT2D eigenvalue weighted by Gasteiger charge is 2.54. The maximum Gasteiger partial charge on any atom is 0.307 e. The zero-order valence-corrected chi connectivity index (χ0v) is 14.9. The van der Waals surface area contributed by atoms with Crippen LogP contribution in [0, 0.1) is 30.6 Å². The van der Waals surface area contributed by atoms with E-state index >= 15 is 0 Å². The van der Waals surface area contributed by atoms with E-state index < -0.39 is 35.7 Å². The third-order valence-electron chi connectivity index (χ3n) is 5.48. The average molecular weight is 360 g/mol. The summed E-state index contributed by atoms with van der Waals surface area (Å²) in [7, 11) is 0. The molecule has 3 rings (SSSR count). The highest BCUT2D eigenvalue weighted by Crippen LogP contribution is 2.52. The molecule has 2 aliphatic carbocycles. The van der Waals surface area contributed by atoms with Gasteiger partial charge in [0.05, 0.1) is 11.8 Å². The Hall–Kier alpha value is -2.57. The van der Waals surface area contributed by atoms with Crippen molar-refractivity contribution >= 4 is 17.8 Å². The molecular formula is C19H24N2O5. The van der Waals surface area contributed by atoms with E-state index in [1.54, 1.807) is 13.0 Å². The first-order chi connectivity index (χ1) is 12.4. The number of fused-ring (bicyclic) bond motifs is 2. The number of carboxylic acid groups (broad SMARTS) is 1. The zero-order chi connectivity index (χ0) is 18.8. The third-order valence-corrected chi connectivity index (χ3v) is 5.48. The van der Waals surface area contributed by atoms with Gasteiger partial charge in [0.15, 0.2) is 6.10 Å². The summed E-state index contributed by atoms with van der Waals surface area (Å²) in [5, 5.41) is 9.42. The van der Waals surface area contributed by atoms with Crippen LogP contribution in [0.3, 0.4) is 0 Å². The quantitative estimate of drug-likeness (QED) is 0.693. The summed E-state index contributed by atoms with van der Waals surface area (Å²) >= 11 is 0. The Morgan fingerprint density at radius 2 is 1.85 bits per heavy atom.